The van der Waals surface area contributed by atoms with Gasteiger partial charge in [0.25, 0.3) is 5.56 Å². The summed E-state index contributed by atoms with van der Waals surface area (Å²) in [7, 11) is 0. The molecule has 0 spiro atoms. The first-order valence-corrected chi connectivity index (χ1v) is 11.5. The lowest BCUT2D eigenvalue weighted by atomic mass is 9.75. The minimum absolute atomic E-state index is 0.0920. The zero-order valence-electron chi connectivity index (χ0n) is 20.0. The van der Waals surface area contributed by atoms with Gasteiger partial charge < -0.3 is 15.2 Å². The zero-order valence-corrected chi connectivity index (χ0v) is 20.0. The number of nitrogens with one attached hydrogen (secondary N) is 2. The second kappa shape index (κ2) is 7.80. The van der Waals surface area contributed by atoms with Crippen LogP contribution in [0.1, 0.15) is 95.0 Å². The molecule has 1 atom stereocenters. The topological polar surface area (TPSA) is 96.4 Å². The first-order chi connectivity index (χ1) is 14.9. The number of benzene rings is 1. The number of aromatic nitrogens is 2. The number of phenolic OH excluding ortho intramolecular Hbond substituents is 1. The molecule has 2 aliphatic rings. The van der Waals surface area contributed by atoms with Crippen LogP contribution in [-0.2, 0) is 20.4 Å². The number of amides is 1. The SMILES string of the molecule is CC(C)(C)c1cc([C@@H]2CC(=O)Nc3c2c(=O)[nH]n3C2CCOCC2)cc(C(C)(C)C)c1O. The number of hydrogen-bond donors (Lipinski definition) is 3. The molecule has 0 saturated carbocycles. The predicted octanol–water partition coefficient (Wildman–Crippen LogP) is 4.30. The van der Waals surface area contributed by atoms with Crippen LogP contribution in [0.3, 0.4) is 0 Å². The molecule has 0 bridgehead atoms. The van der Waals surface area contributed by atoms with E-state index in [1.54, 1.807) is 0 Å². The Morgan fingerprint density at radius 2 is 1.56 bits per heavy atom. The fourth-order valence-electron chi connectivity index (χ4n) is 4.89. The summed E-state index contributed by atoms with van der Waals surface area (Å²) in [6, 6.07) is 4.04. The van der Waals surface area contributed by atoms with Crippen LogP contribution in [0.2, 0.25) is 0 Å². The smallest absolute Gasteiger partial charge is 0.270 e. The Bertz CT molecular complexity index is 1060. The molecule has 1 aromatic heterocycles. The summed E-state index contributed by atoms with van der Waals surface area (Å²) in [6.07, 6.45) is 1.78. The molecule has 1 amide bonds. The van der Waals surface area contributed by atoms with Crippen molar-refractivity contribution in [2.75, 3.05) is 18.5 Å². The van der Waals surface area contributed by atoms with Gasteiger partial charge in [0.15, 0.2) is 0 Å². The van der Waals surface area contributed by atoms with Crippen LogP contribution in [-0.4, -0.2) is 34.0 Å². The lowest BCUT2D eigenvalue weighted by Gasteiger charge is -2.31. The molecule has 0 radical (unpaired) electrons. The van der Waals surface area contributed by atoms with E-state index in [9.17, 15) is 14.7 Å². The van der Waals surface area contributed by atoms with Gasteiger partial charge >= 0.3 is 0 Å². The van der Waals surface area contributed by atoms with Crippen molar-refractivity contribution in [2.24, 2.45) is 0 Å². The van der Waals surface area contributed by atoms with Crippen molar-refractivity contribution in [2.45, 2.75) is 83.6 Å². The highest BCUT2D eigenvalue weighted by molar-refractivity contribution is 5.94. The number of nitrogens with zero attached hydrogens (tertiary/aromatic N) is 1. The second-order valence-electron chi connectivity index (χ2n) is 11.2. The number of hydrogen-bond acceptors (Lipinski definition) is 4. The number of rotatable bonds is 2. The Hall–Kier alpha value is -2.54. The highest BCUT2D eigenvalue weighted by Gasteiger charge is 2.36. The monoisotopic (exact) mass is 441 g/mol. The molecule has 0 unspecified atom stereocenters. The van der Waals surface area contributed by atoms with Crippen LogP contribution >= 0.6 is 0 Å². The number of fused-ring (bicyclic) bond motifs is 1. The Labute approximate surface area is 189 Å². The Balaban J connectivity index is 1.90. The van der Waals surface area contributed by atoms with Gasteiger partial charge in [-0.15, -0.1) is 0 Å². The van der Waals surface area contributed by atoms with Crippen molar-refractivity contribution in [3.63, 3.8) is 0 Å². The normalized spacial score (nSPS) is 20.2. The molecule has 32 heavy (non-hydrogen) atoms. The minimum atomic E-state index is -0.369. The molecule has 2 aliphatic heterocycles. The maximum absolute atomic E-state index is 13.1. The second-order valence-corrected chi connectivity index (χ2v) is 11.2. The molecule has 3 heterocycles. The number of carbonyl (C=O) groups excluding carboxylic acids is 1. The van der Waals surface area contributed by atoms with E-state index in [0.29, 0.717) is 30.3 Å². The first kappa shape index (κ1) is 22.6. The van der Waals surface area contributed by atoms with E-state index in [1.807, 2.05) is 16.8 Å². The number of aromatic hydroxyl groups is 1. The van der Waals surface area contributed by atoms with Crippen LogP contribution in [0.5, 0.6) is 5.75 Å². The number of ether oxygens (including phenoxy) is 1. The molecule has 174 valence electrons. The lowest BCUT2D eigenvalue weighted by Crippen LogP contribution is -2.29. The van der Waals surface area contributed by atoms with E-state index in [-0.39, 0.29) is 40.7 Å². The van der Waals surface area contributed by atoms with Gasteiger partial charge in [0.2, 0.25) is 5.91 Å². The van der Waals surface area contributed by atoms with Gasteiger partial charge in [0, 0.05) is 25.6 Å². The van der Waals surface area contributed by atoms with Crippen molar-refractivity contribution in [3.05, 3.63) is 44.7 Å². The van der Waals surface area contributed by atoms with E-state index in [2.05, 4.69) is 52.0 Å². The Kier molecular flexibility index (Phi) is 5.52. The Morgan fingerprint density at radius 3 is 2.09 bits per heavy atom. The molecule has 2 aromatic rings. The van der Waals surface area contributed by atoms with Crippen LogP contribution in [0, 0.1) is 0 Å². The van der Waals surface area contributed by atoms with Crippen molar-refractivity contribution >= 4 is 11.7 Å². The molecule has 1 aromatic carbocycles. The molecular weight excluding hydrogens is 406 g/mol. The van der Waals surface area contributed by atoms with Gasteiger partial charge in [-0.25, -0.2) is 0 Å². The van der Waals surface area contributed by atoms with E-state index in [1.165, 1.54) is 0 Å². The quantitative estimate of drug-likeness (QED) is 0.647. The fourth-order valence-corrected chi connectivity index (χ4v) is 4.89. The highest BCUT2D eigenvalue weighted by Crippen LogP contribution is 2.44. The lowest BCUT2D eigenvalue weighted by molar-refractivity contribution is -0.116. The van der Waals surface area contributed by atoms with Crippen LogP contribution < -0.4 is 10.9 Å². The summed E-state index contributed by atoms with van der Waals surface area (Å²) in [5, 5.41) is 17.0. The largest absolute Gasteiger partial charge is 0.507 e. The van der Waals surface area contributed by atoms with Gasteiger partial charge in [-0.3, -0.25) is 19.4 Å². The fraction of sp³-hybridized carbons (Fsp3) is 0.600. The molecule has 1 saturated heterocycles. The highest BCUT2D eigenvalue weighted by atomic mass is 16.5. The molecule has 7 nitrogen and oxygen atoms in total. The van der Waals surface area contributed by atoms with Gasteiger partial charge in [0.05, 0.1) is 11.6 Å². The first-order valence-electron chi connectivity index (χ1n) is 11.5. The maximum Gasteiger partial charge on any atom is 0.270 e. The molecule has 3 N–H and O–H groups in total. The third-order valence-corrected chi connectivity index (χ3v) is 6.67. The summed E-state index contributed by atoms with van der Waals surface area (Å²) >= 11 is 0. The minimum Gasteiger partial charge on any atom is -0.507 e. The number of anilines is 1. The van der Waals surface area contributed by atoms with Crippen molar-refractivity contribution in [3.8, 4) is 5.75 Å². The van der Waals surface area contributed by atoms with Gasteiger partial charge in [-0.1, -0.05) is 53.7 Å². The van der Waals surface area contributed by atoms with E-state index in [0.717, 1.165) is 29.5 Å². The summed E-state index contributed by atoms with van der Waals surface area (Å²) in [6.45, 7) is 13.6. The number of phenols is 1. The number of carbonyl (C=O) groups is 1. The maximum atomic E-state index is 13.1. The summed E-state index contributed by atoms with van der Waals surface area (Å²) < 4.78 is 7.30. The molecular formula is C25H35N3O4. The molecule has 7 heteroatoms. The van der Waals surface area contributed by atoms with Crippen LogP contribution in [0.15, 0.2) is 16.9 Å². The van der Waals surface area contributed by atoms with Gasteiger partial charge in [0.1, 0.15) is 11.6 Å². The summed E-state index contributed by atoms with van der Waals surface area (Å²) in [5.41, 5.74) is 2.39. The van der Waals surface area contributed by atoms with Gasteiger partial charge in [-0.05, 0) is 40.4 Å². The van der Waals surface area contributed by atoms with Crippen molar-refractivity contribution in [1.82, 2.24) is 9.78 Å². The zero-order chi connectivity index (χ0) is 23.4. The molecule has 1 fully saturated rings. The average Bonchev–Trinajstić information content (AvgIpc) is 3.03. The Morgan fingerprint density at radius 1 is 1.00 bits per heavy atom. The van der Waals surface area contributed by atoms with Gasteiger partial charge in [-0.2, -0.15) is 0 Å². The van der Waals surface area contributed by atoms with E-state index < -0.39 is 0 Å². The van der Waals surface area contributed by atoms with Crippen LogP contribution in [0.4, 0.5) is 5.82 Å². The molecule has 4 rings (SSSR count). The predicted molar refractivity (Wildman–Crippen MR) is 125 cm³/mol. The third-order valence-electron chi connectivity index (χ3n) is 6.67. The number of H-pyrrole nitrogens is 1. The standard InChI is InChI=1S/C25H35N3O4/c1-24(2,3)17-11-14(12-18(21(17)30)25(4,5)6)16-13-19(29)26-22-20(16)23(31)27-28(22)15-7-9-32-10-8-15/h11-12,15-16,30H,7-10,13H2,1-6H3,(H,26,29)(H,27,31)/t16-/m0/s1. The third kappa shape index (κ3) is 3.98. The number of aromatic amines is 1. The molecule has 0 aliphatic carbocycles. The van der Waals surface area contributed by atoms with Crippen LogP contribution in [0.25, 0.3) is 0 Å². The van der Waals surface area contributed by atoms with Crippen molar-refractivity contribution in [1.29, 1.82) is 0 Å². The summed E-state index contributed by atoms with van der Waals surface area (Å²) in [5.74, 6) is 0.394. The van der Waals surface area contributed by atoms with Crippen molar-refractivity contribution < 1.29 is 14.6 Å². The van der Waals surface area contributed by atoms with E-state index in [4.69, 9.17) is 4.74 Å². The summed E-state index contributed by atoms with van der Waals surface area (Å²) in [4.78, 5) is 25.9. The van der Waals surface area contributed by atoms with E-state index >= 15 is 0 Å². The average molecular weight is 442 g/mol.